The molecule has 0 spiro atoms. The third-order valence-corrected chi connectivity index (χ3v) is 13.5. The molecule has 23 heteroatoms. The van der Waals surface area contributed by atoms with Crippen molar-refractivity contribution in [3.05, 3.63) is 107 Å². The number of hydrogen-bond acceptors (Lipinski definition) is 13. The minimum atomic E-state index is -5.06. The Morgan fingerprint density at radius 1 is 0.851 bits per heavy atom. The number of aliphatic hydroxyl groups excluding tert-OH is 1. The van der Waals surface area contributed by atoms with Crippen molar-refractivity contribution in [2.45, 2.75) is 103 Å². The van der Waals surface area contributed by atoms with Crippen molar-refractivity contribution in [1.29, 1.82) is 0 Å². The first-order chi connectivity index (χ1) is 34.9. The topological polar surface area (TPSA) is 224 Å². The first kappa shape index (κ1) is 54.8. The number of halogens is 5. The van der Waals surface area contributed by atoms with E-state index in [1.54, 1.807) is 51.2 Å². The number of pyridine rings is 1. The van der Waals surface area contributed by atoms with Gasteiger partial charge in [0, 0.05) is 79.1 Å². The lowest BCUT2D eigenvalue weighted by Gasteiger charge is -2.42. The molecule has 7 rings (SSSR count). The molecule has 3 saturated heterocycles. The molecule has 0 saturated carbocycles. The molecule has 2 bridgehead atoms. The average Bonchev–Trinajstić information content (AvgIpc) is 3.93. The van der Waals surface area contributed by atoms with Crippen LogP contribution in [0.25, 0.3) is 11.4 Å². The number of aromatic nitrogens is 3. The molecule has 3 aliphatic heterocycles. The fourth-order valence-electron chi connectivity index (χ4n) is 9.10. The number of ether oxygens (including phenoxy) is 2. The highest BCUT2D eigenvalue weighted by Gasteiger charge is 2.56. The van der Waals surface area contributed by atoms with Crippen LogP contribution in [0.1, 0.15) is 63.3 Å². The Balaban J connectivity index is 1.15. The second-order valence-corrected chi connectivity index (χ2v) is 20.2. The molecule has 2 aromatic carbocycles. The summed E-state index contributed by atoms with van der Waals surface area (Å²) in [5, 5.41) is 29.0. The maximum absolute atomic E-state index is 15.9. The van der Waals surface area contributed by atoms with Gasteiger partial charge in [0.25, 0.3) is 5.91 Å². The number of rotatable bonds is 17. The number of anilines is 1. The molecule has 0 unspecified atom stereocenters. The minimum absolute atomic E-state index is 0.00341. The molecule has 74 heavy (non-hydrogen) atoms. The van der Waals surface area contributed by atoms with Gasteiger partial charge in [0.1, 0.15) is 29.5 Å². The summed E-state index contributed by atoms with van der Waals surface area (Å²) in [4.78, 5) is 69.7. The summed E-state index contributed by atoms with van der Waals surface area (Å²) in [6, 6.07) is 9.74. The van der Waals surface area contributed by atoms with E-state index in [4.69, 9.17) is 9.72 Å². The number of carbonyl (C=O) groups excluding carboxylic acids is 3. The van der Waals surface area contributed by atoms with Gasteiger partial charge in [-0.25, -0.2) is 38.3 Å². The lowest BCUT2D eigenvalue weighted by Crippen LogP contribution is -2.63. The summed E-state index contributed by atoms with van der Waals surface area (Å²) in [6.07, 6.45) is -4.65. The van der Waals surface area contributed by atoms with Crippen LogP contribution in [0.15, 0.2) is 73.2 Å². The zero-order valence-corrected chi connectivity index (χ0v) is 41.5. The Hall–Kier alpha value is -7.00. The fraction of sp³-hybridized carbons (Fsp3) is 0.471. The van der Waals surface area contributed by atoms with Crippen LogP contribution < -0.4 is 26.3 Å². The Bertz CT molecular complexity index is 2690. The molecular formula is C51H59F5N10O8. The maximum atomic E-state index is 15.9. The quantitative estimate of drug-likeness (QED) is 0.0476. The molecule has 396 valence electrons. The summed E-state index contributed by atoms with van der Waals surface area (Å²) < 4.78 is 85.4. The number of aliphatic hydroxyl groups is 1. The Morgan fingerprint density at radius 2 is 1.50 bits per heavy atom. The average molecular weight is 1040 g/mol. The molecule has 0 radical (unpaired) electrons. The van der Waals surface area contributed by atoms with Crippen LogP contribution in [0.4, 0.5) is 37.4 Å². The second-order valence-electron chi connectivity index (χ2n) is 20.2. The number of alkyl halides is 3. The van der Waals surface area contributed by atoms with Gasteiger partial charge in [-0.2, -0.15) is 13.2 Å². The Morgan fingerprint density at radius 3 is 2.04 bits per heavy atom. The predicted octanol–water partition coefficient (Wildman–Crippen LogP) is 4.80. The lowest BCUT2D eigenvalue weighted by atomic mass is 9.82. The first-order valence-electron chi connectivity index (χ1n) is 23.8. The van der Waals surface area contributed by atoms with E-state index in [0.717, 1.165) is 62.8 Å². The summed E-state index contributed by atoms with van der Waals surface area (Å²) in [7, 11) is 0.892. The van der Waals surface area contributed by atoms with Gasteiger partial charge in [0.05, 0.1) is 43.9 Å². The number of carboxylic acid groups (broad SMARTS) is 1. The van der Waals surface area contributed by atoms with Crippen LogP contribution in [0.3, 0.4) is 0 Å². The Kier molecular flexibility index (Phi) is 16.7. The van der Waals surface area contributed by atoms with E-state index >= 15 is 8.78 Å². The van der Waals surface area contributed by atoms with Crippen molar-refractivity contribution >= 4 is 29.8 Å². The SMILES string of the molecule is COC(=O)N[C@H](C(=O)N[C@@H](Cc1ccc(C#Cc2ccc(N3C[C@H]4C[C@@H]3CN4C3COC3)nc2)cc1)[C@@H](O)CN(Cc1c(F)cc(-c2ncccn2)cc1F)NC(=O)[C@@H](NC(=O)O)C(C)(C)C)C(C)(C)C(F)(F)F. The predicted molar refractivity (Wildman–Crippen MR) is 259 cm³/mol. The van der Waals surface area contributed by atoms with Crippen LogP contribution in [0.2, 0.25) is 0 Å². The van der Waals surface area contributed by atoms with E-state index in [1.165, 1.54) is 18.5 Å². The van der Waals surface area contributed by atoms with Crippen LogP contribution in [0.5, 0.6) is 0 Å². The van der Waals surface area contributed by atoms with E-state index in [2.05, 4.69) is 52.4 Å². The summed E-state index contributed by atoms with van der Waals surface area (Å²) in [6.45, 7) is 7.85. The van der Waals surface area contributed by atoms with Gasteiger partial charge in [-0.15, -0.1) is 0 Å². The highest BCUT2D eigenvalue weighted by molar-refractivity contribution is 5.87. The van der Waals surface area contributed by atoms with Gasteiger partial charge in [-0.05, 0) is 80.1 Å². The number of benzene rings is 2. The zero-order chi connectivity index (χ0) is 53.7. The van der Waals surface area contributed by atoms with Crippen LogP contribution in [-0.4, -0.2) is 148 Å². The number of nitrogens with zero attached hydrogens (tertiary/aromatic N) is 6. The van der Waals surface area contributed by atoms with Gasteiger partial charge in [0.2, 0.25) is 5.91 Å². The van der Waals surface area contributed by atoms with E-state index in [9.17, 15) is 42.6 Å². The summed E-state index contributed by atoms with van der Waals surface area (Å²) >= 11 is 0. The number of carbonyl (C=O) groups is 4. The largest absolute Gasteiger partial charge is 0.465 e. The van der Waals surface area contributed by atoms with Gasteiger partial charge in [-0.3, -0.25) is 19.9 Å². The molecular weight excluding hydrogens is 976 g/mol. The second kappa shape index (κ2) is 22.6. The third-order valence-electron chi connectivity index (χ3n) is 13.5. The smallest absolute Gasteiger partial charge is 0.407 e. The summed E-state index contributed by atoms with van der Waals surface area (Å²) in [5.74, 6) is 2.40. The monoisotopic (exact) mass is 1030 g/mol. The van der Waals surface area contributed by atoms with Crippen LogP contribution >= 0.6 is 0 Å². The van der Waals surface area contributed by atoms with Crippen molar-refractivity contribution in [3.8, 4) is 23.2 Å². The number of amides is 4. The maximum Gasteiger partial charge on any atom is 0.407 e. The van der Waals surface area contributed by atoms with E-state index < -0.39 is 95.5 Å². The molecule has 4 amide bonds. The molecule has 3 aliphatic rings. The Labute approximate surface area is 424 Å². The molecule has 5 heterocycles. The first-order valence-corrected chi connectivity index (χ1v) is 23.8. The lowest BCUT2D eigenvalue weighted by molar-refractivity contribution is -0.220. The number of alkyl carbamates (subject to hydrolysis) is 1. The van der Waals surface area contributed by atoms with Gasteiger partial charge in [-0.1, -0.05) is 44.7 Å². The number of likely N-dealkylation sites (tertiary alicyclic amines) is 1. The van der Waals surface area contributed by atoms with Crippen LogP contribution in [-0.2, 0) is 32.0 Å². The fourth-order valence-corrected chi connectivity index (χ4v) is 9.10. The van der Waals surface area contributed by atoms with Crippen molar-refractivity contribution in [2.24, 2.45) is 10.8 Å². The molecule has 2 aromatic heterocycles. The van der Waals surface area contributed by atoms with E-state index in [0.29, 0.717) is 48.7 Å². The van der Waals surface area contributed by atoms with E-state index in [1.807, 2.05) is 17.4 Å². The molecule has 18 nitrogen and oxygen atoms in total. The number of nitrogens with one attached hydrogen (secondary N) is 4. The van der Waals surface area contributed by atoms with Crippen molar-refractivity contribution in [2.75, 3.05) is 44.9 Å². The van der Waals surface area contributed by atoms with Crippen LogP contribution in [0, 0.1) is 34.3 Å². The van der Waals surface area contributed by atoms with Crippen molar-refractivity contribution < 1.29 is 60.8 Å². The van der Waals surface area contributed by atoms with Gasteiger partial charge >= 0.3 is 18.4 Å². The third kappa shape index (κ3) is 13.0. The molecule has 0 aliphatic carbocycles. The van der Waals surface area contributed by atoms with Crippen molar-refractivity contribution in [1.82, 2.24) is 46.2 Å². The summed E-state index contributed by atoms with van der Waals surface area (Å²) in [5.41, 5.74) is -0.581. The number of piperazine rings is 1. The van der Waals surface area contributed by atoms with E-state index in [-0.39, 0.29) is 17.8 Å². The molecule has 6 N–H and O–H groups in total. The van der Waals surface area contributed by atoms with Gasteiger partial charge in [0.15, 0.2) is 5.82 Å². The number of hydrazine groups is 1. The normalized spacial score (nSPS) is 18.6. The number of methoxy groups -OCH3 is 1. The molecule has 6 atom stereocenters. The highest BCUT2D eigenvalue weighted by Crippen LogP contribution is 2.41. The van der Waals surface area contributed by atoms with Gasteiger partial charge < -0.3 is 40.5 Å². The molecule has 4 aromatic rings. The minimum Gasteiger partial charge on any atom is -0.465 e. The van der Waals surface area contributed by atoms with Crippen molar-refractivity contribution in [3.63, 3.8) is 0 Å². The standard InChI is InChI=1S/C51H59F5N10O8/c1-49(2,3)42(61-47(70)71)46(69)63-64(25-36-37(52)19-32(20-38(36)53)44-57-16-7-17-58-44)26-40(67)39(60-45(68)43(62-48(72)73-6)50(4,5)51(54,55)56)18-30-11-8-29(9-12-30)10-13-31-14-15-41(59-22-31)66-24-33-21-34(66)23-65(33)35-27-74-28-35/h7-9,11-12,14-17,19-20,22,33-35,39-40,42-43,61,67H,18,21,23-28H2,1-6H3,(H,60,68)(H,62,72)(H,63,69)(H,70,71)/t33-,34-,39+,40+,42-,43-/m1/s1. The number of hydrogen-bond donors (Lipinski definition) is 6. The number of fused-ring (bicyclic) bond motifs is 2. The zero-order valence-electron chi connectivity index (χ0n) is 41.5. The molecule has 3 fully saturated rings. The highest BCUT2D eigenvalue weighted by atomic mass is 19.4.